The minimum atomic E-state index is 0.921. The van der Waals surface area contributed by atoms with Crippen LogP contribution in [0.15, 0.2) is 12.4 Å². The van der Waals surface area contributed by atoms with E-state index in [1.54, 1.807) is 6.33 Å². The largest absolute Gasteiger partial charge is 0.357 e. The summed E-state index contributed by atoms with van der Waals surface area (Å²) in [5.41, 5.74) is 2.04. The van der Waals surface area contributed by atoms with E-state index in [1.165, 1.54) is 0 Å². The van der Waals surface area contributed by atoms with Gasteiger partial charge in [0, 0.05) is 18.8 Å². The van der Waals surface area contributed by atoms with Gasteiger partial charge >= 0.3 is 0 Å². The van der Waals surface area contributed by atoms with Crippen molar-refractivity contribution >= 4 is 16.9 Å². The highest BCUT2D eigenvalue weighted by molar-refractivity contribution is 5.88. The Hall–Kier alpha value is -1.58. The van der Waals surface area contributed by atoms with E-state index in [1.807, 2.05) is 6.92 Å². The van der Waals surface area contributed by atoms with E-state index in [9.17, 15) is 0 Å². The Morgan fingerprint density at radius 2 is 2.00 bits per heavy atom. The first kappa shape index (κ1) is 9.96. The highest BCUT2D eigenvalue weighted by Gasteiger charge is 2.10. The summed E-state index contributed by atoms with van der Waals surface area (Å²) in [6, 6.07) is 2.10. The normalized spacial score (nSPS) is 10.9. The summed E-state index contributed by atoms with van der Waals surface area (Å²) >= 11 is 0. The number of aryl methyl sites for hydroxylation is 1. The molecule has 4 nitrogen and oxygen atoms in total. The fourth-order valence-corrected chi connectivity index (χ4v) is 1.83. The van der Waals surface area contributed by atoms with Crippen LogP contribution in [-0.2, 0) is 0 Å². The monoisotopic (exact) mass is 204 g/mol. The molecule has 80 valence electrons. The number of nitrogens with one attached hydrogen (secondary N) is 1. The number of hydrogen-bond acceptors (Lipinski definition) is 3. The van der Waals surface area contributed by atoms with E-state index in [0.29, 0.717) is 0 Å². The summed E-state index contributed by atoms with van der Waals surface area (Å²) in [6.45, 7) is 8.24. The molecule has 2 rings (SSSR count). The molecule has 4 heteroatoms. The van der Waals surface area contributed by atoms with Gasteiger partial charge in [0.25, 0.3) is 0 Å². The van der Waals surface area contributed by atoms with Crippen molar-refractivity contribution in [3.8, 4) is 0 Å². The van der Waals surface area contributed by atoms with Crippen LogP contribution in [0.2, 0.25) is 0 Å². The fourth-order valence-electron chi connectivity index (χ4n) is 1.83. The lowest BCUT2D eigenvalue weighted by atomic mass is 10.3. The lowest BCUT2D eigenvalue weighted by molar-refractivity contribution is 0.848. The molecule has 1 N–H and O–H groups in total. The van der Waals surface area contributed by atoms with Crippen molar-refractivity contribution in [2.24, 2.45) is 0 Å². The van der Waals surface area contributed by atoms with Crippen molar-refractivity contribution in [2.45, 2.75) is 20.8 Å². The maximum absolute atomic E-state index is 4.36. The summed E-state index contributed by atoms with van der Waals surface area (Å²) in [7, 11) is 0. The summed E-state index contributed by atoms with van der Waals surface area (Å²) in [5.74, 6) is 1.02. The summed E-state index contributed by atoms with van der Waals surface area (Å²) < 4.78 is 0. The van der Waals surface area contributed by atoms with Gasteiger partial charge in [-0.25, -0.2) is 9.97 Å². The van der Waals surface area contributed by atoms with Gasteiger partial charge in [-0.1, -0.05) is 0 Å². The number of rotatable bonds is 3. The predicted octanol–water partition coefficient (Wildman–Crippen LogP) is 2.11. The van der Waals surface area contributed by atoms with Gasteiger partial charge in [-0.3, -0.25) is 0 Å². The van der Waals surface area contributed by atoms with Gasteiger partial charge < -0.3 is 9.88 Å². The van der Waals surface area contributed by atoms with Gasteiger partial charge in [-0.15, -0.1) is 0 Å². The molecule has 0 atom stereocenters. The summed E-state index contributed by atoms with van der Waals surface area (Å²) in [4.78, 5) is 14.0. The molecule has 0 aliphatic rings. The zero-order chi connectivity index (χ0) is 10.8. The van der Waals surface area contributed by atoms with E-state index in [0.717, 1.165) is 35.6 Å². The fraction of sp³-hybridized carbons (Fsp3) is 0.455. The number of aromatic nitrogens is 3. The second-order valence-corrected chi connectivity index (χ2v) is 3.58. The standard InChI is InChI=1S/C11H16N4/c1-4-15(5-2)11-9-6-8(3)14-10(9)12-7-13-11/h6-7H,4-5H2,1-3H3,(H,12,13,14). The smallest absolute Gasteiger partial charge is 0.143 e. The molecule has 0 saturated heterocycles. The molecule has 0 aliphatic carbocycles. The maximum Gasteiger partial charge on any atom is 0.143 e. The molecular weight excluding hydrogens is 188 g/mol. The molecule has 0 amide bonds. The highest BCUT2D eigenvalue weighted by Crippen LogP contribution is 2.22. The van der Waals surface area contributed by atoms with Crippen molar-refractivity contribution in [3.05, 3.63) is 18.1 Å². The van der Waals surface area contributed by atoms with Crippen LogP contribution in [0, 0.1) is 6.92 Å². The van der Waals surface area contributed by atoms with E-state index in [-0.39, 0.29) is 0 Å². The second-order valence-electron chi connectivity index (χ2n) is 3.58. The van der Waals surface area contributed by atoms with Crippen LogP contribution in [0.4, 0.5) is 5.82 Å². The third-order valence-corrected chi connectivity index (χ3v) is 2.60. The molecule has 0 spiro atoms. The Morgan fingerprint density at radius 1 is 1.27 bits per heavy atom. The minimum Gasteiger partial charge on any atom is -0.357 e. The lowest BCUT2D eigenvalue weighted by Crippen LogP contribution is -2.23. The molecule has 0 aromatic carbocycles. The van der Waals surface area contributed by atoms with Crippen molar-refractivity contribution in [1.29, 1.82) is 0 Å². The minimum absolute atomic E-state index is 0.921. The second kappa shape index (κ2) is 3.88. The zero-order valence-corrected chi connectivity index (χ0v) is 9.41. The van der Waals surface area contributed by atoms with Crippen molar-refractivity contribution in [2.75, 3.05) is 18.0 Å². The van der Waals surface area contributed by atoms with E-state index >= 15 is 0 Å². The average molecular weight is 204 g/mol. The number of aromatic amines is 1. The topological polar surface area (TPSA) is 44.8 Å². The van der Waals surface area contributed by atoms with Gasteiger partial charge in [-0.05, 0) is 26.8 Å². The van der Waals surface area contributed by atoms with Gasteiger partial charge in [-0.2, -0.15) is 0 Å². The van der Waals surface area contributed by atoms with E-state index in [2.05, 4.69) is 39.8 Å². The average Bonchev–Trinajstić information content (AvgIpc) is 2.61. The first-order chi connectivity index (χ1) is 7.26. The molecule has 2 aromatic rings. The molecule has 2 aromatic heterocycles. The lowest BCUT2D eigenvalue weighted by Gasteiger charge is -2.19. The van der Waals surface area contributed by atoms with Gasteiger partial charge in [0.05, 0.1) is 5.39 Å². The number of hydrogen-bond donors (Lipinski definition) is 1. The van der Waals surface area contributed by atoms with Gasteiger partial charge in [0.2, 0.25) is 0 Å². The van der Waals surface area contributed by atoms with Crippen LogP contribution < -0.4 is 4.90 Å². The van der Waals surface area contributed by atoms with Crippen LogP contribution in [0.25, 0.3) is 11.0 Å². The number of fused-ring (bicyclic) bond motifs is 1. The predicted molar refractivity (Wildman–Crippen MR) is 62.2 cm³/mol. The Balaban J connectivity index is 2.58. The molecule has 2 heterocycles. The number of anilines is 1. The van der Waals surface area contributed by atoms with Crippen LogP contribution in [-0.4, -0.2) is 28.0 Å². The van der Waals surface area contributed by atoms with Gasteiger partial charge in [0.15, 0.2) is 0 Å². The summed E-state index contributed by atoms with van der Waals surface area (Å²) in [5, 5.41) is 1.11. The molecule has 0 saturated carbocycles. The maximum atomic E-state index is 4.36. The molecule has 0 fully saturated rings. The third-order valence-electron chi connectivity index (χ3n) is 2.60. The van der Waals surface area contributed by atoms with Crippen LogP contribution in [0.3, 0.4) is 0 Å². The quantitative estimate of drug-likeness (QED) is 0.832. The highest BCUT2D eigenvalue weighted by atomic mass is 15.2. The number of H-pyrrole nitrogens is 1. The van der Waals surface area contributed by atoms with Crippen LogP contribution in [0.1, 0.15) is 19.5 Å². The molecule has 0 unspecified atom stereocenters. The van der Waals surface area contributed by atoms with Crippen molar-refractivity contribution in [1.82, 2.24) is 15.0 Å². The molecular formula is C11H16N4. The Kier molecular flexibility index (Phi) is 2.58. The van der Waals surface area contributed by atoms with Crippen molar-refractivity contribution in [3.63, 3.8) is 0 Å². The third kappa shape index (κ3) is 1.67. The van der Waals surface area contributed by atoms with E-state index in [4.69, 9.17) is 0 Å². The molecule has 0 aliphatic heterocycles. The first-order valence-corrected chi connectivity index (χ1v) is 5.31. The zero-order valence-electron chi connectivity index (χ0n) is 9.41. The summed E-state index contributed by atoms with van der Waals surface area (Å²) in [6.07, 6.45) is 1.62. The Bertz CT molecular complexity index is 457. The Labute approximate surface area is 89.3 Å². The molecule has 15 heavy (non-hydrogen) atoms. The Morgan fingerprint density at radius 3 is 2.67 bits per heavy atom. The van der Waals surface area contributed by atoms with Gasteiger partial charge in [0.1, 0.15) is 17.8 Å². The van der Waals surface area contributed by atoms with E-state index < -0.39 is 0 Å². The first-order valence-electron chi connectivity index (χ1n) is 5.31. The van der Waals surface area contributed by atoms with Crippen LogP contribution >= 0.6 is 0 Å². The number of nitrogens with zero attached hydrogens (tertiary/aromatic N) is 3. The molecule has 0 bridgehead atoms. The van der Waals surface area contributed by atoms with Crippen molar-refractivity contribution < 1.29 is 0 Å². The SMILES string of the molecule is CCN(CC)c1ncnc2[nH]c(C)cc12. The molecule has 0 radical (unpaired) electrons. The van der Waals surface area contributed by atoms with Crippen LogP contribution in [0.5, 0.6) is 0 Å².